The Morgan fingerprint density at radius 3 is 1.52 bits per heavy atom. The zero-order valence-corrected chi connectivity index (χ0v) is 19.6. The minimum atomic E-state index is 0.472. The number of hydrogen-bond donors (Lipinski definition) is 0. The van der Waals surface area contributed by atoms with Gasteiger partial charge in [-0.05, 0) is 72.9 Å². The summed E-state index contributed by atoms with van der Waals surface area (Å²) in [5.41, 5.74) is 7.01. The molecule has 31 heavy (non-hydrogen) atoms. The molecule has 3 heteroatoms. The monoisotopic (exact) mass is 414 g/mol. The van der Waals surface area contributed by atoms with Crippen LogP contribution in [0.5, 0.6) is 0 Å². The molecule has 162 valence electrons. The number of rotatable bonds is 8. The number of para-hydroxylation sites is 2. The molecule has 0 bridgehead atoms. The normalized spacial score (nSPS) is 13.9. The topological polar surface area (TPSA) is 37.9 Å². The highest BCUT2D eigenvalue weighted by atomic mass is 16.3. The molecule has 1 heterocycles. The van der Waals surface area contributed by atoms with E-state index in [2.05, 4.69) is 77.9 Å². The predicted molar refractivity (Wildman–Crippen MR) is 133 cm³/mol. The highest BCUT2D eigenvalue weighted by molar-refractivity contribution is 5.84. The second-order valence-corrected chi connectivity index (χ2v) is 8.40. The maximum absolute atomic E-state index is 5.96. The Labute approximate surface area is 187 Å². The van der Waals surface area contributed by atoms with Crippen molar-refractivity contribution in [1.29, 1.82) is 0 Å². The van der Waals surface area contributed by atoms with Crippen LogP contribution in [0.2, 0.25) is 0 Å². The van der Waals surface area contributed by atoms with Crippen LogP contribution >= 0.6 is 0 Å². The summed E-state index contributed by atoms with van der Waals surface area (Å²) in [6.07, 6.45) is 5.80. The molecule has 2 aromatic carbocycles. The van der Waals surface area contributed by atoms with Crippen LogP contribution in [0.25, 0.3) is 0 Å². The van der Waals surface area contributed by atoms with Crippen molar-refractivity contribution in [3.8, 4) is 0 Å². The lowest BCUT2D eigenvalue weighted by Gasteiger charge is -2.13. The molecule has 0 spiro atoms. The molecule has 0 aliphatic heterocycles. The predicted octanol–water partition coefficient (Wildman–Crippen LogP) is 8.42. The summed E-state index contributed by atoms with van der Waals surface area (Å²) in [6, 6.07) is 16.7. The van der Waals surface area contributed by atoms with E-state index >= 15 is 0 Å². The van der Waals surface area contributed by atoms with Crippen LogP contribution in [0.15, 0.2) is 62.9 Å². The van der Waals surface area contributed by atoms with Crippen molar-refractivity contribution in [3.63, 3.8) is 0 Å². The van der Waals surface area contributed by atoms with Crippen LogP contribution in [0.3, 0.4) is 0 Å². The largest absolute Gasteiger partial charge is 0.454 e. The summed E-state index contributed by atoms with van der Waals surface area (Å²) in [6.45, 7) is 13.1. The smallest absolute Gasteiger partial charge is 0.145 e. The van der Waals surface area contributed by atoms with E-state index in [0.29, 0.717) is 11.8 Å². The van der Waals surface area contributed by atoms with E-state index in [1.807, 2.05) is 24.6 Å². The summed E-state index contributed by atoms with van der Waals surface area (Å²) in [5, 5.41) is 0. The molecular formula is C28H34N2O. The third kappa shape index (κ3) is 5.41. The van der Waals surface area contributed by atoms with Crippen LogP contribution in [0.1, 0.15) is 86.1 Å². The molecule has 3 nitrogen and oxygen atoms in total. The Morgan fingerprint density at radius 1 is 0.710 bits per heavy atom. The summed E-state index contributed by atoms with van der Waals surface area (Å²) < 4.78 is 5.96. The van der Waals surface area contributed by atoms with Gasteiger partial charge in [0.15, 0.2) is 0 Å². The van der Waals surface area contributed by atoms with E-state index in [9.17, 15) is 0 Å². The van der Waals surface area contributed by atoms with E-state index in [-0.39, 0.29) is 0 Å². The van der Waals surface area contributed by atoms with Gasteiger partial charge in [-0.1, -0.05) is 64.1 Å². The van der Waals surface area contributed by atoms with Crippen molar-refractivity contribution in [2.24, 2.45) is 9.98 Å². The van der Waals surface area contributed by atoms with Gasteiger partial charge in [-0.25, -0.2) is 0 Å². The van der Waals surface area contributed by atoms with Crippen molar-refractivity contribution in [2.75, 3.05) is 0 Å². The summed E-state index contributed by atoms with van der Waals surface area (Å²) in [4.78, 5) is 9.55. The molecule has 0 N–H and O–H groups in total. The summed E-state index contributed by atoms with van der Waals surface area (Å²) in [7, 11) is 0. The third-order valence-electron chi connectivity index (χ3n) is 6.11. The minimum Gasteiger partial charge on any atom is -0.454 e. The van der Waals surface area contributed by atoms with Gasteiger partial charge < -0.3 is 4.42 Å². The fourth-order valence-electron chi connectivity index (χ4n) is 3.71. The molecule has 0 saturated carbocycles. The van der Waals surface area contributed by atoms with Crippen molar-refractivity contribution in [1.82, 2.24) is 0 Å². The zero-order chi connectivity index (χ0) is 22.4. The number of aliphatic imine (C=N–C) groups is 2. The van der Waals surface area contributed by atoms with Crippen LogP contribution in [-0.4, -0.2) is 12.4 Å². The molecule has 0 amide bonds. The van der Waals surface area contributed by atoms with Crippen LogP contribution < -0.4 is 0 Å². The van der Waals surface area contributed by atoms with E-state index in [4.69, 9.17) is 14.4 Å². The fraction of sp³-hybridized carbons (Fsp3) is 0.357. The molecule has 0 aliphatic rings. The molecule has 0 aliphatic carbocycles. The van der Waals surface area contributed by atoms with E-state index < -0.39 is 0 Å². The third-order valence-corrected chi connectivity index (χ3v) is 6.11. The van der Waals surface area contributed by atoms with Gasteiger partial charge in [0.2, 0.25) is 0 Å². The number of aryl methyl sites for hydroxylation is 2. The number of benzene rings is 2. The second-order valence-electron chi connectivity index (χ2n) is 8.40. The van der Waals surface area contributed by atoms with Gasteiger partial charge in [0.1, 0.15) is 11.5 Å². The van der Waals surface area contributed by atoms with Crippen LogP contribution in [-0.2, 0) is 0 Å². The highest BCUT2D eigenvalue weighted by Gasteiger charge is 2.11. The Hall–Kier alpha value is -2.94. The molecule has 3 aromatic rings. The number of furan rings is 1. The maximum Gasteiger partial charge on any atom is 0.145 e. The van der Waals surface area contributed by atoms with E-state index in [0.717, 1.165) is 35.7 Å². The Kier molecular flexibility index (Phi) is 7.62. The molecule has 2 atom stereocenters. The van der Waals surface area contributed by atoms with Gasteiger partial charge in [0.05, 0.1) is 23.8 Å². The van der Waals surface area contributed by atoms with Crippen molar-refractivity contribution in [2.45, 2.75) is 66.2 Å². The quantitative estimate of drug-likeness (QED) is 0.341. The molecule has 3 rings (SSSR count). The first-order valence-electron chi connectivity index (χ1n) is 11.3. The summed E-state index contributed by atoms with van der Waals surface area (Å²) >= 11 is 0. The molecule has 2 unspecified atom stereocenters. The second kappa shape index (κ2) is 10.4. The highest BCUT2D eigenvalue weighted by Crippen LogP contribution is 2.33. The van der Waals surface area contributed by atoms with Crippen molar-refractivity contribution >= 4 is 23.8 Å². The van der Waals surface area contributed by atoms with Gasteiger partial charge in [-0.3, -0.25) is 9.98 Å². The average molecular weight is 415 g/mol. The van der Waals surface area contributed by atoms with Gasteiger partial charge in [0.25, 0.3) is 0 Å². The average Bonchev–Trinajstić information content (AvgIpc) is 3.23. The number of nitrogens with zero attached hydrogens (tertiary/aromatic N) is 2. The molecular weight excluding hydrogens is 380 g/mol. The van der Waals surface area contributed by atoms with E-state index in [1.54, 1.807) is 0 Å². The van der Waals surface area contributed by atoms with Crippen LogP contribution in [0, 0.1) is 13.8 Å². The lowest BCUT2D eigenvalue weighted by molar-refractivity contribution is 0.553. The SMILES string of the molecule is CCC(C)c1cccc(C)c1N=Cc1ccc(C=Nc2c(C)cccc2C(C)CC)o1. The van der Waals surface area contributed by atoms with Crippen molar-refractivity contribution in [3.05, 3.63) is 82.3 Å². The van der Waals surface area contributed by atoms with Gasteiger partial charge in [0, 0.05) is 0 Å². The van der Waals surface area contributed by atoms with Gasteiger partial charge >= 0.3 is 0 Å². The lowest BCUT2D eigenvalue weighted by atomic mass is 9.95. The standard InChI is InChI=1S/C28H34N2O/c1-7-19(3)25-13-9-11-21(5)27(25)29-17-23-15-16-24(31-23)18-30-28-22(6)12-10-14-26(28)20(4)8-2/h9-20H,7-8H2,1-6H3. The Balaban J connectivity index is 1.83. The molecule has 0 radical (unpaired) electrons. The first-order chi connectivity index (χ1) is 14.9. The minimum absolute atomic E-state index is 0.472. The van der Waals surface area contributed by atoms with E-state index in [1.165, 1.54) is 22.3 Å². The van der Waals surface area contributed by atoms with Crippen LogP contribution in [0.4, 0.5) is 11.4 Å². The zero-order valence-electron chi connectivity index (χ0n) is 19.6. The Morgan fingerprint density at radius 2 is 1.13 bits per heavy atom. The first-order valence-corrected chi connectivity index (χ1v) is 11.3. The molecule has 1 aromatic heterocycles. The number of hydrogen-bond acceptors (Lipinski definition) is 3. The lowest BCUT2D eigenvalue weighted by Crippen LogP contribution is -1.94. The Bertz CT molecular complexity index is 990. The molecule has 0 fully saturated rings. The van der Waals surface area contributed by atoms with Crippen molar-refractivity contribution < 1.29 is 4.42 Å². The first kappa shape index (κ1) is 22.7. The van der Waals surface area contributed by atoms with Gasteiger partial charge in [-0.2, -0.15) is 0 Å². The maximum atomic E-state index is 5.96. The summed E-state index contributed by atoms with van der Waals surface area (Å²) in [5.74, 6) is 2.40. The molecule has 0 saturated heterocycles. The fourth-order valence-corrected chi connectivity index (χ4v) is 3.71. The van der Waals surface area contributed by atoms with Gasteiger partial charge in [-0.15, -0.1) is 0 Å².